The van der Waals surface area contributed by atoms with Crippen LogP contribution in [0.2, 0.25) is 0 Å². The summed E-state index contributed by atoms with van der Waals surface area (Å²) in [5.41, 5.74) is 1.15. The second-order valence-electron chi connectivity index (χ2n) is 7.57. The summed E-state index contributed by atoms with van der Waals surface area (Å²) in [7, 11) is 0. The summed E-state index contributed by atoms with van der Waals surface area (Å²) in [6.07, 6.45) is 10.1. The zero-order valence-corrected chi connectivity index (χ0v) is 15.1. The van der Waals surface area contributed by atoms with E-state index < -0.39 is 0 Å². The maximum absolute atomic E-state index is 12.6. The molecule has 2 fully saturated rings. The molecule has 2 atom stereocenters. The van der Waals surface area contributed by atoms with Crippen molar-refractivity contribution >= 4 is 5.91 Å². The van der Waals surface area contributed by atoms with Crippen LogP contribution in [0.15, 0.2) is 24.5 Å². The Labute approximate surface area is 151 Å². The van der Waals surface area contributed by atoms with Crippen molar-refractivity contribution < 1.29 is 9.90 Å². The highest BCUT2D eigenvalue weighted by atomic mass is 16.3. The second-order valence-corrected chi connectivity index (χ2v) is 7.57. The fourth-order valence-electron chi connectivity index (χ4n) is 4.17. The van der Waals surface area contributed by atoms with Crippen LogP contribution in [-0.2, 0) is 11.2 Å². The van der Waals surface area contributed by atoms with Gasteiger partial charge in [-0.15, -0.1) is 0 Å². The third kappa shape index (κ3) is 5.25. The van der Waals surface area contributed by atoms with E-state index in [1.54, 1.807) is 12.4 Å². The molecule has 1 aromatic rings. The zero-order chi connectivity index (χ0) is 17.5. The molecule has 25 heavy (non-hydrogen) atoms. The molecule has 1 aromatic heterocycles. The molecule has 1 amide bonds. The number of likely N-dealkylation sites (tertiary alicyclic amines) is 2. The third-order valence-corrected chi connectivity index (χ3v) is 5.73. The molecule has 2 aliphatic heterocycles. The van der Waals surface area contributed by atoms with Gasteiger partial charge in [-0.25, -0.2) is 0 Å². The molecule has 5 nitrogen and oxygen atoms in total. The molecule has 2 saturated heterocycles. The lowest BCUT2D eigenvalue weighted by atomic mass is 9.96. The Bertz CT molecular complexity index is 529. The molecule has 3 heterocycles. The first-order valence-electron chi connectivity index (χ1n) is 9.76. The van der Waals surface area contributed by atoms with E-state index in [9.17, 15) is 9.90 Å². The molecule has 0 bridgehead atoms. The first-order chi connectivity index (χ1) is 12.3. The van der Waals surface area contributed by atoms with Crippen LogP contribution in [-0.4, -0.2) is 65.1 Å². The SMILES string of the molecule is O=C(CCc1ccncc1)N1C[C@@H](CN2CCCCCC2)[C@@H](CO)C1. The number of hydrogen-bond donors (Lipinski definition) is 1. The number of pyridine rings is 1. The minimum atomic E-state index is 0.187. The summed E-state index contributed by atoms with van der Waals surface area (Å²) in [4.78, 5) is 21.1. The lowest BCUT2D eigenvalue weighted by Crippen LogP contribution is -2.35. The molecule has 0 spiro atoms. The van der Waals surface area contributed by atoms with Gasteiger partial charge >= 0.3 is 0 Å². The number of nitrogens with zero attached hydrogens (tertiary/aromatic N) is 3. The molecule has 1 N–H and O–H groups in total. The Balaban J connectivity index is 1.50. The molecule has 0 radical (unpaired) electrons. The maximum Gasteiger partial charge on any atom is 0.222 e. The number of hydrogen-bond acceptors (Lipinski definition) is 4. The average Bonchev–Trinajstić information content (AvgIpc) is 2.87. The van der Waals surface area contributed by atoms with Crippen LogP contribution in [0, 0.1) is 11.8 Å². The van der Waals surface area contributed by atoms with E-state index in [1.807, 2.05) is 17.0 Å². The fourth-order valence-corrected chi connectivity index (χ4v) is 4.17. The van der Waals surface area contributed by atoms with Crippen molar-refractivity contribution in [3.05, 3.63) is 30.1 Å². The Morgan fingerprint density at radius 2 is 1.76 bits per heavy atom. The highest BCUT2D eigenvalue weighted by Crippen LogP contribution is 2.26. The minimum Gasteiger partial charge on any atom is -0.396 e. The molecule has 5 heteroatoms. The van der Waals surface area contributed by atoms with Gasteiger partial charge in [-0.2, -0.15) is 0 Å². The van der Waals surface area contributed by atoms with E-state index >= 15 is 0 Å². The summed E-state index contributed by atoms with van der Waals surface area (Å²) < 4.78 is 0. The van der Waals surface area contributed by atoms with Crippen molar-refractivity contribution in [2.24, 2.45) is 11.8 Å². The maximum atomic E-state index is 12.6. The van der Waals surface area contributed by atoms with Crippen molar-refractivity contribution in [3.63, 3.8) is 0 Å². The van der Waals surface area contributed by atoms with Crippen LogP contribution in [0.4, 0.5) is 0 Å². The summed E-state index contributed by atoms with van der Waals surface area (Å²) >= 11 is 0. The molecule has 0 unspecified atom stereocenters. The monoisotopic (exact) mass is 345 g/mol. The second kappa shape index (κ2) is 9.30. The van der Waals surface area contributed by atoms with Crippen molar-refractivity contribution in [1.29, 1.82) is 0 Å². The topological polar surface area (TPSA) is 56.7 Å². The summed E-state index contributed by atoms with van der Waals surface area (Å²) in [5, 5.41) is 9.77. The Hall–Kier alpha value is -1.46. The van der Waals surface area contributed by atoms with Crippen molar-refractivity contribution in [3.8, 4) is 0 Å². The number of aromatic nitrogens is 1. The highest BCUT2D eigenvalue weighted by molar-refractivity contribution is 5.76. The average molecular weight is 345 g/mol. The van der Waals surface area contributed by atoms with E-state index in [-0.39, 0.29) is 18.4 Å². The van der Waals surface area contributed by atoms with Gasteiger partial charge in [0.1, 0.15) is 0 Å². The van der Waals surface area contributed by atoms with Gasteiger partial charge in [-0.05, 0) is 56.0 Å². The summed E-state index contributed by atoms with van der Waals surface area (Å²) in [6.45, 7) is 5.07. The molecule has 0 aliphatic carbocycles. The lowest BCUT2D eigenvalue weighted by Gasteiger charge is -2.26. The number of amides is 1. The lowest BCUT2D eigenvalue weighted by molar-refractivity contribution is -0.130. The number of aliphatic hydroxyl groups excluding tert-OH is 1. The largest absolute Gasteiger partial charge is 0.396 e. The van der Waals surface area contributed by atoms with Crippen LogP contribution in [0.25, 0.3) is 0 Å². The number of rotatable bonds is 6. The van der Waals surface area contributed by atoms with Crippen molar-refractivity contribution in [2.75, 3.05) is 39.3 Å². The Kier molecular flexibility index (Phi) is 6.82. The fraction of sp³-hybridized carbons (Fsp3) is 0.700. The number of aliphatic hydroxyl groups is 1. The molecule has 2 aliphatic rings. The van der Waals surface area contributed by atoms with Crippen LogP contribution >= 0.6 is 0 Å². The Morgan fingerprint density at radius 3 is 2.44 bits per heavy atom. The predicted molar refractivity (Wildman–Crippen MR) is 98.1 cm³/mol. The first-order valence-corrected chi connectivity index (χ1v) is 9.76. The van der Waals surface area contributed by atoms with Gasteiger partial charge in [0.05, 0.1) is 0 Å². The molecule has 0 aromatic carbocycles. The van der Waals surface area contributed by atoms with E-state index in [2.05, 4.69) is 9.88 Å². The van der Waals surface area contributed by atoms with Gasteiger partial charge < -0.3 is 14.9 Å². The number of carbonyl (C=O) groups excluding carboxylic acids is 1. The standard InChI is InChI=1S/C20H31N3O2/c24-16-19-15-23(20(25)6-5-17-7-9-21-10-8-17)14-18(19)13-22-11-3-1-2-4-12-22/h7-10,18-19,24H,1-6,11-16H2/t18-,19-/m1/s1. The quantitative estimate of drug-likeness (QED) is 0.856. The molecule has 0 saturated carbocycles. The minimum absolute atomic E-state index is 0.187. The Morgan fingerprint density at radius 1 is 1.08 bits per heavy atom. The van der Waals surface area contributed by atoms with E-state index in [1.165, 1.54) is 38.8 Å². The highest BCUT2D eigenvalue weighted by Gasteiger charge is 2.35. The number of aryl methyl sites for hydroxylation is 1. The van der Waals surface area contributed by atoms with E-state index in [0.717, 1.165) is 25.1 Å². The van der Waals surface area contributed by atoms with Gasteiger partial charge in [-0.3, -0.25) is 9.78 Å². The van der Waals surface area contributed by atoms with Crippen LogP contribution in [0.1, 0.15) is 37.7 Å². The van der Waals surface area contributed by atoms with Gasteiger partial charge in [0.25, 0.3) is 0 Å². The van der Waals surface area contributed by atoms with E-state index in [0.29, 0.717) is 18.9 Å². The molecule has 138 valence electrons. The van der Waals surface area contributed by atoms with Gasteiger partial charge in [0, 0.05) is 51.0 Å². The normalized spacial score (nSPS) is 25.1. The van der Waals surface area contributed by atoms with E-state index in [4.69, 9.17) is 0 Å². The molecule has 3 rings (SSSR count). The molecular formula is C20H31N3O2. The first kappa shape index (κ1) is 18.3. The molecular weight excluding hydrogens is 314 g/mol. The van der Waals surface area contributed by atoms with Gasteiger partial charge in [0.15, 0.2) is 0 Å². The smallest absolute Gasteiger partial charge is 0.222 e. The van der Waals surface area contributed by atoms with Crippen LogP contribution in [0.3, 0.4) is 0 Å². The predicted octanol–water partition coefficient (Wildman–Crippen LogP) is 1.96. The third-order valence-electron chi connectivity index (χ3n) is 5.73. The summed E-state index contributed by atoms with van der Waals surface area (Å²) in [5.74, 6) is 0.856. The van der Waals surface area contributed by atoms with Crippen molar-refractivity contribution in [2.45, 2.75) is 38.5 Å². The van der Waals surface area contributed by atoms with Gasteiger partial charge in [-0.1, -0.05) is 12.8 Å². The summed E-state index contributed by atoms with van der Waals surface area (Å²) in [6, 6.07) is 3.94. The van der Waals surface area contributed by atoms with Crippen molar-refractivity contribution in [1.82, 2.24) is 14.8 Å². The van der Waals surface area contributed by atoms with Crippen LogP contribution < -0.4 is 0 Å². The van der Waals surface area contributed by atoms with Crippen LogP contribution in [0.5, 0.6) is 0 Å². The number of carbonyl (C=O) groups is 1. The zero-order valence-electron chi connectivity index (χ0n) is 15.1. The van der Waals surface area contributed by atoms with Gasteiger partial charge in [0.2, 0.25) is 5.91 Å².